The summed E-state index contributed by atoms with van der Waals surface area (Å²) in [5, 5.41) is 0.408. The van der Waals surface area contributed by atoms with Gasteiger partial charge in [0.2, 0.25) is 5.76 Å². The summed E-state index contributed by atoms with van der Waals surface area (Å²) in [5.74, 6) is 0.0749. The first kappa shape index (κ1) is 19.6. The number of nitrogens with zero attached hydrogens (tertiary/aromatic N) is 1. The molecule has 0 bridgehead atoms. The predicted molar refractivity (Wildman–Crippen MR) is 114 cm³/mol. The molecule has 0 radical (unpaired) electrons. The van der Waals surface area contributed by atoms with Crippen LogP contribution in [0.4, 0.5) is 0 Å². The Morgan fingerprint density at radius 2 is 1.81 bits per heavy atom. The number of benzene rings is 2. The van der Waals surface area contributed by atoms with Gasteiger partial charge in [0.15, 0.2) is 12.0 Å². The van der Waals surface area contributed by atoms with Crippen molar-refractivity contribution in [2.24, 2.45) is 5.73 Å². The average Bonchev–Trinajstić information content (AvgIpc) is 3.40. The summed E-state index contributed by atoms with van der Waals surface area (Å²) in [7, 11) is 0. The summed E-state index contributed by atoms with van der Waals surface area (Å²) in [6, 6.07) is 16.5. The molecule has 1 aliphatic rings. The molecule has 2 N–H and O–H groups in total. The summed E-state index contributed by atoms with van der Waals surface area (Å²) >= 11 is 0. The van der Waals surface area contributed by atoms with E-state index in [0.717, 1.165) is 0 Å². The highest BCUT2D eigenvalue weighted by atomic mass is 16.5. The van der Waals surface area contributed by atoms with Crippen LogP contribution in [0.15, 0.2) is 80.6 Å². The molecule has 8 nitrogen and oxygen atoms in total. The first-order valence-electron chi connectivity index (χ1n) is 9.93. The van der Waals surface area contributed by atoms with Crippen molar-refractivity contribution in [2.75, 3.05) is 6.61 Å². The number of fused-ring (bicyclic) bond motifs is 2. The monoisotopic (exact) mass is 430 g/mol. The predicted octanol–water partition coefficient (Wildman–Crippen LogP) is 3.00. The molecule has 0 aliphatic carbocycles. The van der Waals surface area contributed by atoms with Gasteiger partial charge in [0.25, 0.3) is 11.8 Å². The topological polar surface area (TPSA) is 116 Å². The molecule has 160 valence electrons. The summed E-state index contributed by atoms with van der Waals surface area (Å²) in [6.45, 7) is -0.0826. The number of carbonyl (C=O) groups is 2. The molecule has 4 aromatic rings. The number of furan rings is 1. The van der Waals surface area contributed by atoms with Crippen LogP contribution in [-0.4, -0.2) is 23.3 Å². The molecular weight excluding hydrogens is 412 g/mol. The van der Waals surface area contributed by atoms with Crippen molar-refractivity contribution in [3.8, 4) is 5.75 Å². The molecule has 1 aliphatic heterocycles. The Morgan fingerprint density at radius 3 is 2.53 bits per heavy atom. The van der Waals surface area contributed by atoms with Gasteiger partial charge in [0.05, 0.1) is 29.8 Å². The van der Waals surface area contributed by atoms with E-state index in [0.29, 0.717) is 28.0 Å². The van der Waals surface area contributed by atoms with E-state index in [-0.39, 0.29) is 29.9 Å². The maximum Gasteiger partial charge on any atom is 0.291 e. The molecule has 0 saturated carbocycles. The Bertz CT molecular complexity index is 1370. The highest BCUT2D eigenvalue weighted by molar-refractivity contribution is 5.99. The van der Waals surface area contributed by atoms with Crippen molar-refractivity contribution in [1.29, 1.82) is 0 Å². The van der Waals surface area contributed by atoms with Crippen LogP contribution in [0.1, 0.15) is 33.5 Å². The molecule has 2 amide bonds. The zero-order valence-corrected chi connectivity index (χ0v) is 16.8. The smallest absolute Gasteiger partial charge is 0.291 e. The van der Waals surface area contributed by atoms with E-state index in [9.17, 15) is 14.4 Å². The van der Waals surface area contributed by atoms with Crippen LogP contribution in [-0.2, 0) is 11.3 Å². The van der Waals surface area contributed by atoms with Gasteiger partial charge in [-0.2, -0.15) is 0 Å². The molecule has 5 rings (SSSR count). The normalized spacial score (nSPS) is 15.2. The van der Waals surface area contributed by atoms with Gasteiger partial charge in [-0.15, -0.1) is 0 Å². The molecule has 2 aromatic carbocycles. The molecule has 2 aromatic heterocycles. The van der Waals surface area contributed by atoms with Gasteiger partial charge < -0.3 is 24.2 Å². The van der Waals surface area contributed by atoms with Crippen molar-refractivity contribution in [3.63, 3.8) is 0 Å². The minimum absolute atomic E-state index is 0.0271. The maximum absolute atomic E-state index is 13.4. The van der Waals surface area contributed by atoms with Gasteiger partial charge in [0, 0.05) is 0 Å². The molecule has 8 heteroatoms. The molecule has 1 atom stereocenters. The van der Waals surface area contributed by atoms with Crippen molar-refractivity contribution < 1.29 is 23.2 Å². The first-order valence-corrected chi connectivity index (χ1v) is 9.93. The van der Waals surface area contributed by atoms with Gasteiger partial charge in [-0.25, -0.2) is 0 Å². The van der Waals surface area contributed by atoms with Gasteiger partial charge in [-0.05, 0) is 42.0 Å². The number of rotatable bonds is 6. The fourth-order valence-corrected chi connectivity index (χ4v) is 3.95. The van der Waals surface area contributed by atoms with Crippen molar-refractivity contribution in [1.82, 2.24) is 4.90 Å². The van der Waals surface area contributed by atoms with Crippen LogP contribution in [0.5, 0.6) is 5.75 Å². The largest absolute Gasteiger partial charge is 0.484 e. The van der Waals surface area contributed by atoms with Crippen LogP contribution < -0.4 is 15.9 Å². The van der Waals surface area contributed by atoms with Gasteiger partial charge in [-0.3, -0.25) is 14.4 Å². The Morgan fingerprint density at radius 1 is 1.03 bits per heavy atom. The van der Waals surface area contributed by atoms with Crippen LogP contribution in [0.25, 0.3) is 11.0 Å². The lowest BCUT2D eigenvalue weighted by atomic mass is 9.98. The Kier molecular flexibility index (Phi) is 4.74. The Hall–Kier alpha value is -4.33. The summed E-state index contributed by atoms with van der Waals surface area (Å²) in [6.07, 6.45) is 1.53. The minimum atomic E-state index is -0.673. The van der Waals surface area contributed by atoms with Crippen LogP contribution in [0.2, 0.25) is 0 Å². The second-order valence-electron chi connectivity index (χ2n) is 7.41. The van der Waals surface area contributed by atoms with E-state index in [4.69, 9.17) is 19.3 Å². The fourth-order valence-electron chi connectivity index (χ4n) is 3.95. The number of nitrogens with two attached hydrogens (primary N) is 1. The number of amides is 2. The molecular formula is C24H18N2O6. The second-order valence-corrected chi connectivity index (χ2v) is 7.41. The number of carbonyl (C=O) groups excluding carboxylic acids is 2. The molecule has 3 heterocycles. The number of ether oxygens (including phenoxy) is 1. The first-order chi connectivity index (χ1) is 15.5. The van der Waals surface area contributed by atoms with E-state index in [2.05, 4.69) is 0 Å². The lowest BCUT2D eigenvalue weighted by Crippen LogP contribution is -2.29. The zero-order valence-electron chi connectivity index (χ0n) is 16.8. The minimum Gasteiger partial charge on any atom is -0.484 e. The van der Waals surface area contributed by atoms with E-state index < -0.39 is 17.9 Å². The van der Waals surface area contributed by atoms with Crippen molar-refractivity contribution >= 4 is 22.8 Å². The van der Waals surface area contributed by atoms with Gasteiger partial charge >= 0.3 is 0 Å². The van der Waals surface area contributed by atoms with Gasteiger partial charge in [0.1, 0.15) is 17.1 Å². The summed E-state index contributed by atoms with van der Waals surface area (Å²) < 4.78 is 16.6. The van der Waals surface area contributed by atoms with Crippen molar-refractivity contribution in [2.45, 2.75) is 12.6 Å². The number of primary amides is 1. The van der Waals surface area contributed by atoms with E-state index >= 15 is 0 Å². The number of para-hydroxylation sites is 1. The quantitative estimate of drug-likeness (QED) is 0.503. The maximum atomic E-state index is 13.4. The molecule has 0 fully saturated rings. The second kappa shape index (κ2) is 7.73. The summed E-state index contributed by atoms with van der Waals surface area (Å²) in [5.41, 5.74) is 6.20. The highest BCUT2D eigenvalue weighted by Crippen LogP contribution is 2.39. The highest BCUT2D eigenvalue weighted by Gasteiger charge is 2.43. The van der Waals surface area contributed by atoms with Crippen LogP contribution >= 0.6 is 0 Å². The van der Waals surface area contributed by atoms with E-state index in [1.165, 1.54) is 6.26 Å². The van der Waals surface area contributed by atoms with E-state index in [1.54, 1.807) is 65.6 Å². The third kappa shape index (κ3) is 3.31. The fraction of sp³-hybridized carbons (Fsp3) is 0.125. The SMILES string of the molecule is NC(=O)COc1ccc([C@@H]2c3c(oc4ccccc4c3=O)C(=O)N2Cc2ccco2)cc1. The summed E-state index contributed by atoms with van der Waals surface area (Å²) in [4.78, 5) is 39.2. The Balaban J connectivity index is 1.62. The average molecular weight is 430 g/mol. The van der Waals surface area contributed by atoms with E-state index in [1.807, 2.05) is 0 Å². The third-order valence-corrected chi connectivity index (χ3v) is 5.36. The Labute approximate surface area is 181 Å². The van der Waals surface area contributed by atoms with Crippen molar-refractivity contribution in [3.05, 3.63) is 99.8 Å². The number of hydrogen-bond donors (Lipinski definition) is 1. The lowest BCUT2D eigenvalue weighted by molar-refractivity contribution is -0.119. The van der Waals surface area contributed by atoms with Gasteiger partial charge in [-0.1, -0.05) is 24.3 Å². The number of hydrogen-bond acceptors (Lipinski definition) is 6. The standard InChI is InChI=1S/C24H18N2O6/c25-19(27)13-31-15-9-7-14(8-10-15)21-20-22(28)17-5-1-2-6-18(17)32-23(20)24(29)26(21)12-16-4-3-11-30-16/h1-11,21H,12-13H2,(H2,25,27)/t21-/m1/s1. The van der Waals surface area contributed by atoms with Crippen LogP contribution in [0.3, 0.4) is 0 Å². The molecule has 32 heavy (non-hydrogen) atoms. The zero-order chi connectivity index (χ0) is 22.2. The molecule has 0 unspecified atom stereocenters. The molecule has 0 spiro atoms. The van der Waals surface area contributed by atoms with Crippen LogP contribution in [0, 0.1) is 0 Å². The lowest BCUT2D eigenvalue weighted by Gasteiger charge is -2.24. The third-order valence-electron chi connectivity index (χ3n) is 5.36. The molecule has 0 saturated heterocycles.